The van der Waals surface area contributed by atoms with Crippen LogP contribution in [0.2, 0.25) is 0 Å². The van der Waals surface area contributed by atoms with Crippen molar-refractivity contribution in [1.82, 2.24) is 25.2 Å². The van der Waals surface area contributed by atoms with Crippen molar-refractivity contribution in [1.29, 1.82) is 0 Å². The summed E-state index contributed by atoms with van der Waals surface area (Å²) in [7, 11) is 1.79. The predicted molar refractivity (Wildman–Crippen MR) is 95.5 cm³/mol. The maximum absolute atomic E-state index is 12.6. The molecular weight excluding hydrogens is 330 g/mol. The Labute approximate surface area is 151 Å². The van der Waals surface area contributed by atoms with E-state index < -0.39 is 6.04 Å². The number of hydrogen-bond acceptors (Lipinski definition) is 5. The Bertz CT molecular complexity index is 955. The zero-order valence-electron chi connectivity index (χ0n) is 15.1. The fourth-order valence-corrected chi connectivity index (χ4v) is 2.93. The molecule has 1 aliphatic carbocycles. The molecular formula is C19H21N5O2. The standard InChI is InChI=1S/C19H21N5O2/c1-11-5-4-6-14(9-11)17-21-19(26-23-17)12(2)20-18(25)16-10-15(13-7-8-13)22-24(16)3/h4-6,9-10,12-13H,7-8H2,1-3H3,(H,20,25)/t12-/m1/s1. The Morgan fingerprint density at radius 3 is 2.88 bits per heavy atom. The second-order valence-electron chi connectivity index (χ2n) is 6.87. The third-order valence-corrected chi connectivity index (χ3v) is 4.56. The van der Waals surface area contributed by atoms with Crippen molar-refractivity contribution in [2.45, 2.75) is 38.6 Å². The Kier molecular flexibility index (Phi) is 4.06. The van der Waals surface area contributed by atoms with Gasteiger partial charge in [-0.2, -0.15) is 10.1 Å². The number of amides is 1. The van der Waals surface area contributed by atoms with Gasteiger partial charge in [0.1, 0.15) is 11.7 Å². The summed E-state index contributed by atoms with van der Waals surface area (Å²) in [6.45, 7) is 3.83. The van der Waals surface area contributed by atoms with Gasteiger partial charge in [0.15, 0.2) is 0 Å². The molecule has 134 valence electrons. The number of hydrogen-bond donors (Lipinski definition) is 1. The van der Waals surface area contributed by atoms with E-state index in [9.17, 15) is 4.79 Å². The molecule has 4 rings (SSSR count). The Morgan fingerprint density at radius 2 is 2.15 bits per heavy atom. The first kappa shape index (κ1) is 16.5. The molecule has 1 atom stereocenters. The first-order valence-electron chi connectivity index (χ1n) is 8.76. The molecule has 2 heterocycles. The smallest absolute Gasteiger partial charge is 0.270 e. The molecule has 0 bridgehead atoms. The molecule has 1 aliphatic rings. The van der Waals surface area contributed by atoms with Gasteiger partial charge in [-0.1, -0.05) is 28.9 Å². The van der Waals surface area contributed by atoms with Gasteiger partial charge in [-0.3, -0.25) is 9.48 Å². The highest BCUT2D eigenvalue weighted by Crippen LogP contribution is 2.39. The summed E-state index contributed by atoms with van der Waals surface area (Å²) in [5.41, 5.74) is 3.54. The van der Waals surface area contributed by atoms with Crippen molar-refractivity contribution in [3.8, 4) is 11.4 Å². The van der Waals surface area contributed by atoms with E-state index in [4.69, 9.17) is 4.52 Å². The highest BCUT2D eigenvalue weighted by molar-refractivity contribution is 5.92. The van der Waals surface area contributed by atoms with Crippen LogP contribution in [0, 0.1) is 6.92 Å². The topological polar surface area (TPSA) is 85.8 Å². The summed E-state index contributed by atoms with van der Waals surface area (Å²) in [4.78, 5) is 17.0. The van der Waals surface area contributed by atoms with Crippen LogP contribution in [0.4, 0.5) is 0 Å². The van der Waals surface area contributed by atoms with Crippen molar-refractivity contribution < 1.29 is 9.32 Å². The van der Waals surface area contributed by atoms with E-state index >= 15 is 0 Å². The van der Waals surface area contributed by atoms with Crippen molar-refractivity contribution in [2.75, 3.05) is 0 Å². The van der Waals surface area contributed by atoms with E-state index in [1.165, 1.54) is 0 Å². The van der Waals surface area contributed by atoms with Gasteiger partial charge < -0.3 is 9.84 Å². The van der Waals surface area contributed by atoms with Crippen molar-refractivity contribution in [3.63, 3.8) is 0 Å². The highest BCUT2D eigenvalue weighted by atomic mass is 16.5. The zero-order valence-corrected chi connectivity index (χ0v) is 15.1. The van der Waals surface area contributed by atoms with Crippen LogP contribution in [0.15, 0.2) is 34.9 Å². The number of aromatic nitrogens is 4. The number of rotatable bonds is 5. The van der Waals surface area contributed by atoms with Crippen LogP contribution < -0.4 is 5.32 Å². The van der Waals surface area contributed by atoms with Gasteiger partial charge in [-0.25, -0.2) is 0 Å². The van der Waals surface area contributed by atoms with Crippen LogP contribution in [0.25, 0.3) is 11.4 Å². The summed E-state index contributed by atoms with van der Waals surface area (Å²) in [6.07, 6.45) is 2.30. The molecule has 1 saturated carbocycles. The Morgan fingerprint density at radius 1 is 1.35 bits per heavy atom. The van der Waals surface area contributed by atoms with E-state index in [0.29, 0.717) is 23.3 Å². The molecule has 1 N–H and O–H groups in total. The monoisotopic (exact) mass is 351 g/mol. The Hall–Kier alpha value is -2.96. The fourth-order valence-electron chi connectivity index (χ4n) is 2.93. The predicted octanol–water partition coefficient (Wildman–Crippen LogP) is 3.15. The minimum Gasteiger partial charge on any atom is -0.339 e. The van der Waals surface area contributed by atoms with Crippen LogP contribution in [-0.4, -0.2) is 25.8 Å². The Balaban J connectivity index is 1.48. The molecule has 26 heavy (non-hydrogen) atoms. The number of nitrogens with one attached hydrogen (secondary N) is 1. The highest BCUT2D eigenvalue weighted by Gasteiger charge is 2.28. The average molecular weight is 351 g/mol. The van der Waals surface area contributed by atoms with E-state index in [1.54, 1.807) is 11.7 Å². The second kappa shape index (κ2) is 6.40. The number of nitrogens with zero attached hydrogens (tertiary/aromatic N) is 4. The minimum absolute atomic E-state index is 0.199. The van der Waals surface area contributed by atoms with Crippen LogP contribution in [0.5, 0.6) is 0 Å². The third-order valence-electron chi connectivity index (χ3n) is 4.56. The van der Waals surface area contributed by atoms with Crippen LogP contribution in [-0.2, 0) is 7.05 Å². The van der Waals surface area contributed by atoms with Gasteiger partial charge in [0, 0.05) is 18.5 Å². The van der Waals surface area contributed by atoms with Crippen molar-refractivity contribution in [2.24, 2.45) is 7.05 Å². The molecule has 3 aromatic rings. The molecule has 7 nitrogen and oxygen atoms in total. The molecule has 0 saturated heterocycles. The average Bonchev–Trinajstić information content (AvgIpc) is 3.20. The normalized spacial score (nSPS) is 15.0. The summed E-state index contributed by atoms with van der Waals surface area (Å²) in [6, 6.07) is 9.36. The molecule has 7 heteroatoms. The number of carbonyl (C=O) groups excluding carboxylic acids is 1. The summed E-state index contributed by atoms with van der Waals surface area (Å²) >= 11 is 0. The van der Waals surface area contributed by atoms with Gasteiger partial charge in [0.25, 0.3) is 5.91 Å². The zero-order chi connectivity index (χ0) is 18.3. The summed E-state index contributed by atoms with van der Waals surface area (Å²) in [5.74, 6) is 1.20. The first-order valence-corrected chi connectivity index (χ1v) is 8.76. The lowest BCUT2D eigenvalue weighted by Crippen LogP contribution is -2.28. The lowest BCUT2D eigenvalue weighted by Gasteiger charge is -2.09. The molecule has 1 aromatic carbocycles. The number of carbonyl (C=O) groups is 1. The number of benzene rings is 1. The van der Waals surface area contributed by atoms with Gasteiger partial charge in [0.05, 0.1) is 5.69 Å². The maximum Gasteiger partial charge on any atom is 0.270 e. The summed E-state index contributed by atoms with van der Waals surface area (Å²) < 4.78 is 6.97. The van der Waals surface area contributed by atoms with Crippen LogP contribution >= 0.6 is 0 Å². The van der Waals surface area contributed by atoms with Gasteiger partial charge in [-0.05, 0) is 38.8 Å². The lowest BCUT2D eigenvalue weighted by molar-refractivity contribution is 0.0923. The van der Waals surface area contributed by atoms with E-state index in [0.717, 1.165) is 29.7 Å². The van der Waals surface area contributed by atoms with Crippen LogP contribution in [0.3, 0.4) is 0 Å². The van der Waals surface area contributed by atoms with Crippen LogP contribution in [0.1, 0.15) is 59.4 Å². The van der Waals surface area contributed by atoms with Gasteiger partial charge in [-0.15, -0.1) is 0 Å². The maximum atomic E-state index is 12.6. The fraction of sp³-hybridized carbons (Fsp3) is 0.368. The van der Waals surface area contributed by atoms with Crippen molar-refractivity contribution >= 4 is 5.91 Å². The quantitative estimate of drug-likeness (QED) is 0.763. The molecule has 1 fully saturated rings. The molecule has 0 radical (unpaired) electrons. The second-order valence-corrected chi connectivity index (χ2v) is 6.87. The minimum atomic E-state index is -0.396. The SMILES string of the molecule is Cc1cccc(-c2noc([C@@H](C)NC(=O)c3cc(C4CC4)nn3C)n2)c1. The molecule has 1 amide bonds. The molecule has 0 unspecified atom stereocenters. The lowest BCUT2D eigenvalue weighted by atomic mass is 10.1. The molecule has 2 aromatic heterocycles. The van der Waals surface area contributed by atoms with Crippen molar-refractivity contribution in [3.05, 3.63) is 53.2 Å². The van der Waals surface area contributed by atoms with E-state index in [2.05, 4.69) is 20.6 Å². The van der Waals surface area contributed by atoms with E-state index in [-0.39, 0.29) is 5.91 Å². The van der Waals surface area contributed by atoms with E-state index in [1.807, 2.05) is 44.2 Å². The third kappa shape index (κ3) is 3.24. The summed E-state index contributed by atoms with van der Waals surface area (Å²) in [5, 5.41) is 11.4. The largest absolute Gasteiger partial charge is 0.339 e. The van der Waals surface area contributed by atoms with Gasteiger partial charge >= 0.3 is 0 Å². The molecule has 0 spiro atoms. The molecule has 0 aliphatic heterocycles. The van der Waals surface area contributed by atoms with Gasteiger partial charge in [0.2, 0.25) is 11.7 Å². The first-order chi connectivity index (χ1) is 12.5. The number of aryl methyl sites for hydroxylation is 2.